The largest absolute Gasteiger partial charge is 0.508 e. The van der Waals surface area contributed by atoms with Crippen LogP contribution in [0.4, 0.5) is 5.69 Å². The lowest BCUT2D eigenvalue weighted by molar-refractivity contribution is 0.0526. The van der Waals surface area contributed by atoms with Gasteiger partial charge in [0.15, 0.2) is 0 Å². The molecule has 5 N–H and O–H groups in total. The first-order valence-electron chi connectivity index (χ1n) is 10.9. The van der Waals surface area contributed by atoms with E-state index in [1.807, 2.05) is 13.8 Å². The molecular weight excluding hydrogens is 438 g/mol. The molecule has 9 heteroatoms. The van der Waals surface area contributed by atoms with Crippen molar-refractivity contribution in [3.05, 3.63) is 53.2 Å². The highest BCUT2D eigenvalue weighted by molar-refractivity contribution is 6.07. The summed E-state index contributed by atoms with van der Waals surface area (Å²) in [6, 6.07) is 8.54. The quantitative estimate of drug-likeness (QED) is 0.368. The van der Waals surface area contributed by atoms with Gasteiger partial charge in [0.1, 0.15) is 29.4 Å². The molecule has 1 atom stereocenters. The molecule has 0 radical (unpaired) electrons. The summed E-state index contributed by atoms with van der Waals surface area (Å²) in [7, 11) is 0. The van der Waals surface area contributed by atoms with Gasteiger partial charge in [-0.2, -0.15) is 0 Å². The van der Waals surface area contributed by atoms with E-state index in [1.54, 1.807) is 32.0 Å². The van der Waals surface area contributed by atoms with Crippen molar-refractivity contribution >= 4 is 28.5 Å². The molecular formula is C25H29N3O6. The molecule has 0 saturated carbocycles. The zero-order valence-corrected chi connectivity index (χ0v) is 19.6. The van der Waals surface area contributed by atoms with Crippen LogP contribution in [0.3, 0.4) is 0 Å². The van der Waals surface area contributed by atoms with E-state index < -0.39 is 17.9 Å². The number of aromatic nitrogens is 1. The third kappa shape index (κ3) is 5.31. The molecule has 1 unspecified atom stereocenters. The second-order valence-electron chi connectivity index (χ2n) is 8.23. The number of phenolic OH excluding ortho intramolecular Hbond substituents is 2. The first-order valence-corrected chi connectivity index (χ1v) is 10.9. The molecule has 0 spiro atoms. The van der Waals surface area contributed by atoms with Gasteiger partial charge in [-0.25, -0.2) is 4.79 Å². The van der Waals surface area contributed by atoms with E-state index in [9.17, 15) is 19.8 Å². The van der Waals surface area contributed by atoms with Gasteiger partial charge in [-0.15, -0.1) is 0 Å². The highest BCUT2D eigenvalue weighted by Gasteiger charge is 2.23. The topological polar surface area (TPSA) is 144 Å². The Morgan fingerprint density at radius 2 is 1.82 bits per heavy atom. The molecule has 1 aromatic heterocycles. The van der Waals surface area contributed by atoms with Gasteiger partial charge in [0, 0.05) is 11.6 Å². The smallest absolute Gasteiger partial charge is 0.342 e. The number of carbonyl (C=O) groups excluding carboxylic acids is 2. The summed E-state index contributed by atoms with van der Waals surface area (Å²) in [6.45, 7) is 7.57. The summed E-state index contributed by atoms with van der Waals surface area (Å²) in [5, 5.41) is 22.7. The Morgan fingerprint density at radius 3 is 2.44 bits per heavy atom. The first-order chi connectivity index (χ1) is 16.1. The Balaban J connectivity index is 1.88. The Bertz CT molecular complexity index is 1200. The van der Waals surface area contributed by atoms with Crippen molar-refractivity contribution in [1.29, 1.82) is 0 Å². The van der Waals surface area contributed by atoms with Gasteiger partial charge in [0.2, 0.25) is 0 Å². The van der Waals surface area contributed by atoms with Crippen molar-refractivity contribution in [1.82, 2.24) is 10.3 Å². The van der Waals surface area contributed by atoms with Crippen LogP contribution in [-0.2, 0) is 4.74 Å². The molecule has 1 heterocycles. The summed E-state index contributed by atoms with van der Waals surface area (Å²) < 4.78 is 11.2. The molecule has 1 amide bonds. The second-order valence-corrected chi connectivity index (χ2v) is 8.23. The number of nitrogen functional groups attached to an aromatic ring is 1. The van der Waals surface area contributed by atoms with Crippen LogP contribution < -0.4 is 15.8 Å². The van der Waals surface area contributed by atoms with E-state index in [1.165, 1.54) is 12.1 Å². The van der Waals surface area contributed by atoms with E-state index in [0.29, 0.717) is 22.3 Å². The van der Waals surface area contributed by atoms with Crippen LogP contribution in [0.5, 0.6) is 17.2 Å². The fourth-order valence-electron chi connectivity index (χ4n) is 3.58. The summed E-state index contributed by atoms with van der Waals surface area (Å²) >= 11 is 0. The maximum atomic E-state index is 12.7. The molecule has 2 aromatic carbocycles. The maximum Gasteiger partial charge on any atom is 0.342 e. The molecule has 0 bridgehead atoms. The number of aromatic hydroxyl groups is 2. The summed E-state index contributed by atoms with van der Waals surface area (Å²) in [5.74, 6) is -1.03. The molecule has 180 valence electrons. The molecule has 9 nitrogen and oxygen atoms in total. The van der Waals surface area contributed by atoms with Crippen molar-refractivity contribution in [3.63, 3.8) is 0 Å². The van der Waals surface area contributed by atoms with E-state index in [4.69, 9.17) is 15.2 Å². The number of benzene rings is 2. The number of aryl methyl sites for hydroxylation is 1. The van der Waals surface area contributed by atoms with Crippen molar-refractivity contribution < 1.29 is 29.3 Å². The monoisotopic (exact) mass is 467 g/mol. The predicted octanol–water partition coefficient (Wildman–Crippen LogP) is 3.55. The number of fused-ring (bicyclic) bond motifs is 1. The van der Waals surface area contributed by atoms with Gasteiger partial charge < -0.3 is 30.7 Å². The minimum Gasteiger partial charge on any atom is -0.508 e. The van der Waals surface area contributed by atoms with Crippen LogP contribution in [0, 0.1) is 12.8 Å². The molecule has 0 aliphatic rings. The van der Waals surface area contributed by atoms with E-state index in [-0.39, 0.29) is 47.4 Å². The fraction of sp³-hybridized carbons (Fsp3) is 0.320. The third-order valence-corrected chi connectivity index (χ3v) is 5.38. The number of carbonyl (C=O) groups is 2. The van der Waals surface area contributed by atoms with Crippen LogP contribution in [0.2, 0.25) is 0 Å². The standard InChI is InChI=1S/C25H29N3O6/c1-5-33-25(32)21-14(4)27-18-7-6-8-20(22(18)23(21)26)34-12-19(13(2)3)28-24(31)15-9-16(29)11-17(30)10-15/h6-11,13,19,29-30H,5,12H2,1-4H3,(H2,26,27)(H,28,31). The van der Waals surface area contributed by atoms with E-state index >= 15 is 0 Å². The van der Waals surface area contributed by atoms with Crippen LogP contribution >= 0.6 is 0 Å². The summed E-state index contributed by atoms with van der Waals surface area (Å²) in [6.07, 6.45) is 0. The van der Waals surface area contributed by atoms with Gasteiger partial charge in [0.05, 0.1) is 34.9 Å². The SMILES string of the molecule is CCOC(=O)c1c(C)nc2cccc(OCC(NC(=O)c3cc(O)cc(O)c3)C(C)C)c2c1N. The lowest BCUT2D eigenvalue weighted by Crippen LogP contribution is -2.42. The summed E-state index contributed by atoms with van der Waals surface area (Å²) in [4.78, 5) is 29.6. The normalized spacial score (nSPS) is 11.9. The predicted molar refractivity (Wildman–Crippen MR) is 128 cm³/mol. The highest BCUT2D eigenvalue weighted by atomic mass is 16.5. The zero-order valence-electron chi connectivity index (χ0n) is 19.6. The minimum absolute atomic E-state index is 0.00218. The van der Waals surface area contributed by atoms with Gasteiger partial charge in [-0.05, 0) is 44.0 Å². The van der Waals surface area contributed by atoms with Crippen LogP contribution in [0.15, 0.2) is 36.4 Å². The molecule has 0 saturated heterocycles. The number of pyridine rings is 1. The highest BCUT2D eigenvalue weighted by Crippen LogP contribution is 2.34. The molecule has 0 aliphatic carbocycles. The number of nitrogens with two attached hydrogens (primary N) is 1. The van der Waals surface area contributed by atoms with Crippen molar-refractivity contribution in [3.8, 4) is 17.2 Å². The first kappa shape index (κ1) is 24.6. The van der Waals surface area contributed by atoms with Crippen molar-refractivity contribution in [2.75, 3.05) is 18.9 Å². The average molecular weight is 468 g/mol. The number of amides is 1. The van der Waals surface area contributed by atoms with Crippen LogP contribution in [-0.4, -0.2) is 46.3 Å². The molecule has 0 aliphatic heterocycles. The number of nitrogens with zero attached hydrogens (tertiary/aromatic N) is 1. The number of anilines is 1. The van der Waals surface area contributed by atoms with Crippen LogP contribution in [0.1, 0.15) is 47.2 Å². The number of phenols is 2. The second kappa shape index (κ2) is 10.3. The van der Waals surface area contributed by atoms with E-state index in [0.717, 1.165) is 6.07 Å². The summed E-state index contributed by atoms with van der Waals surface area (Å²) in [5.41, 5.74) is 7.93. The maximum absolute atomic E-state index is 12.7. The van der Waals surface area contributed by atoms with Crippen molar-refractivity contribution in [2.45, 2.75) is 33.7 Å². The lowest BCUT2D eigenvalue weighted by atomic mass is 10.0. The fourth-order valence-corrected chi connectivity index (χ4v) is 3.58. The van der Waals surface area contributed by atoms with Gasteiger partial charge in [0.25, 0.3) is 5.91 Å². The Morgan fingerprint density at radius 1 is 1.15 bits per heavy atom. The number of hydrogen-bond donors (Lipinski definition) is 4. The molecule has 0 fully saturated rings. The zero-order chi connectivity index (χ0) is 25.0. The van der Waals surface area contributed by atoms with Crippen LogP contribution in [0.25, 0.3) is 10.9 Å². The number of rotatable bonds is 8. The van der Waals surface area contributed by atoms with Gasteiger partial charge >= 0.3 is 5.97 Å². The third-order valence-electron chi connectivity index (χ3n) is 5.38. The van der Waals surface area contributed by atoms with Crippen molar-refractivity contribution in [2.24, 2.45) is 5.92 Å². The number of hydrogen-bond acceptors (Lipinski definition) is 8. The average Bonchev–Trinajstić information content (AvgIpc) is 2.75. The Kier molecular flexibility index (Phi) is 7.45. The Hall–Kier alpha value is -4.01. The lowest BCUT2D eigenvalue weighted by Gasteiger charge is -2.23. The molecule has 3 rings (SSSR count). The minimum atomic E-state index is -0.552. The number of nitrogens with one attached hydrogen (secondary N) is 1. The number of esters is 1. The number of ether oxygens (including phenoxy) is 2. The van der Waals surface area contributed by atoms with Gasteiger partial charge in [-0.3, -0.25) is 9.78 Å². The van der Waals surface area contributed by atoms with E-state index in [2.05, 4.69) is 10.3 Å². The van der Waals surface area contributed by atoms with Gasteiger partial charge in [-0.1, -0.05) is 19.9 Å². The molecule has 34 heavy (non-hydrogen) atoms. The Labute approximate surface area is 197 Å². The molecule has 3 aromatic rings.